The van der Waals surface area contributed by atoms with Crippen molar-refractivity contribution in [2.75, 3.05) is 13.7 Å². The van der Waals surface area contributed by atoms with Crippen molar-refractivity contribution >= 4 is 27.3 Å². The number of aliphatic hydroxyl groups is 1. The zero-order chi connectivity index (χ0) is 10.8. The van der Waals surface area contributed by atoms with Crippen molar-refractivity contribution < 1.29 is 5.11 Å². The van der Waals surface area contributed by atoms with Crippen LogP contribution < -0.4 is 0 Å². The summed E-state index contributed by atoms with van der Waals surface area (Å²) in [6, 6.07) is 4.17. The Morgan fingerprint density at radius 3 is 2.57 bits per heavy atom. The summed E-state index contributed by atoms with van der Waals surface area (Å²) < 4.78 is 1.16. The third-order valence-electron chi connectivity index (χ3n) is 2.44. The zero-order valence-electron chi connectivity index (χ0n) is 8.75. The van der Waals surface area contributed by atoms with Gasteiger partial charge >= 0.3 is 0 Å². The van der Waals surface area contributed by atoms with Crippen molar-refractivity contribution in [1.29, 1.82) is 0 Å². The minimum absolute atomic E-state index is 0.156. The number of nitrogens with zero attached hydrogens (tertiary/aromatic N) is 1. The van der Waals surface area contributed by atoms with E-state index >= 15 is 0 Å². The van der Waals surface area contributed by atoms with E-state index in [0.717, 1.165) is 10.3 Å². The lowest BCUT2D eigenvalue weighted by Gasteiger charge is -2.33. The maximum absolute atomic E-state index is 9.20. The van der Waals surface area contributed by atoms with Gasteiger partial charge in [-0.2, -0.15) is 0 Å². The van der Waals surface area contributed by atoms with Gasteiger partial charge < -0.3 is 5.11 Å². The minimum Gasteiger partial charge on any atom is -0.394 e. The zero-order valence-corrected chi connectivity index (χ0v) is 11.2. The molecule has 0 atom stereocenters. The summed E-state index contributed by atoms with van der Waals surface area (Å²) in [4.78, 5) is 3.46. The Kier molecular flexibility index (Phi) is 4.13. The Bertz CT molecular complexity index is 298. The first-order valence-electron chi connectivity index (χ1n) is 4.52. The minimum atomic E-state index is -0.156. The number of hydrogen-bond acceptors (Lipinski definition) is 3. The quantitative estimate of drug-likeness (QED) is 0.915. The van der Waals surface area contributed by atoms with Gasteiger partial charge in [0.15, 0.2) is 0 Å². The second-order valence-electron chi connectivity index (χ2n) is 4.03. The monoisotopic (exact) mass is 277 g/mol. The van der Waals surface area contributed by atoms with Gasteiger partial charge in [0, 0.05) is 17.0 Å². The van der Waals surface area contributed by atoms with Gasteiger partial charge in [-0.25, -0.2) is 0 Å². The van der Waals surface area contributed by atoms with E-state index in [9.17, 15) is 5.11 Å². The first-order chi connectivity index (χ1) is 6.45. The molecule has 0 aromatic carbocycles. The molecule has 0 saturated heterocycles. The average molecular weight is 278 g/mol. The van der Waals surface area contributed by atoms with Crippen molar-refractivity contribution in [1.82, 2.24) is 4.90 Å². The molecule has 1 N–H and O–H groups in total. The summed E-state index contributed by atoms with van der Waals surface area (Å²) in [5.74, 6) is 0. The third-order valence-corrected chi connectivity index (χ3v) is 4.05. The molecule has 0 aliphatic heterocycles. The first kappa shape index (κ1) is 12.2. The number of rotatable bonds is 4. The van der Waals surface area contributed by atoms with Gasteiger partial charge in [0.2, 0.25) is 0 Å². The Morgan fingerprint density at radius 2 is 2.14 bits per heavy atom. The SMILES string of the molecule is CN(Cc1ccc(Br)s1)C(C)(C)CO. The van der Waals surface area contributed by atoms with Crippen molar-refractivity contribution in [2.45, 2.75) is 25.9 Å². The summed E-state index contributed by atoms with van der Waals surface area (Å²) in [7, 11) is 2.03. The predicted octanol–water partition coefficient (Wildman–Crippen LogP) is 2.71. The summed E-state index contributed by atoms with van der Waals surface area (Å²) in [6.45, 7) is 5.13. The van der Waals surface area contributed by atoms with Gasteiger partial charge in [0.05, 0.1) is 10.4 Å². The molecule has 0 aliphatic rings. The highest BCUT2D eigenvalue weighted by atomic mass is 79.9. The van der Waals surface area contributed by atoms with Crippen molar-refractivity contribution in [3.05, 3.63) is 20.8 Å². The van der Waals surface area contributed by atoms with Crippen LogP contribution in [0.15, 0.2) is 15.9 Å². The lowest BCUT2D eigenvalue weighted by atomic mass is 10.1. The number of thiophene rings is 1. The van der Waals surface area contributed by atoms with Crippen LogP contribution in [-0.4, -0.2) is 29.2 Å². The fraction of sp³-hybridized carbons (Fsp3) is 0.600. The van der Waals surface area contributed by atoms with Crippen LogP contribution in [0.4, 0.5) is 0 Å². The topological polar surface area (TPSA) is 23.5 Å². The smallest absolute Gasteiger partial charge is 0.0701 e. The summed E-state index contributed by atoms with van der Waals surface area (Å²) in [6.07, 6.45) is 0. The van der Waals surface area contributed by atoms with Crippen LogP contribution >= 0.6 is 27.3 Å². The molecule has 1 aromatic heterocycles. The van der Waals surface area contributed by atoms with E-state index in [2.05, 4.69) is 33.0 Å². The third kappa shape index (κ3) is 3.05. The summed E-state index contributed by atoms with van der Waals surface area (Å²) in [5, 5.41) is 9.20. The molecule has 0 fully saturated rings. The van der Waals surface area contributed by atoms with Crippen LogP contribution in [0.5, 0.6) is 0 Å². The Balaban J connectivity index is 2.61. The van der Waals surface area contributed by atoms with E-state index < -0.39 is 0 Å². The number of halogens is 1. The van der Waals surface area contributed by atoms with E-state index in [1.54, 1.807) is 11.3 Å². The summed E-state index contributed by atoms with van der Waals surface area (Å²) >= 11 is 5.18. The molecule has 2 nitrogen and oxygen atoms in total. The highest BCUT2D eigenvalue weighted by molar-refractivity contribution is 9.11. The van der Waals surface area contributed by atoms with Crippen LogP contribution in [0.1, 0.15) is 18.7 Å². The van der Waals surface area contributed by atoms with Crippen LogP contribution in [-0.2, 0) is 6.54 Å². The lowest BCUT2D eigenvalue weighted by molar-refractivity contribution is 0.0741. The van der Waals surface area contributed by atoms with E-state index in [1.165, 1.54) is 4.88 Å². The molecule has 0 spiro atoms. The van der Waals surface area contributed by atoms with E-state index in [-0.39, 0.29) is 12.1 Å². The van der Waals surface area contributed by atoms with Gasteiger partial charge in [-0.05, 0) is 49.0 Å². The molecule has 0 unspecified atom stereocenters. The normalized spacial score (nSPS) is 12.4. The van der Waals surface area contributed by atoms with Crippen LogP contribution in [0.2, 0.25) is 0 Å². The maximum Gasteiger partial charge on any atom is 0.0701 e. The molecule has 0 saturated carbocycles. The molecule has 1 heterocycles. The summed E-state index contributed by atoms with van der Waals surface area (Å²) in [5.41, 5.74) is -0.156. The van der Waals surface area contributed by atoms with Crippen molar-refractivity contribution in [2.24, 2.45) is 0 Å². The second-order valence-corrected chi connectivity index (χ2v) is 6.58. The van der Waals surface area contributed by atoms with Gasteiger partial charge in [-0.15, -0.1) is 11.3 Å². The van der Waals surface area contributed by atoms with Gasteiger partial charge in [-0.3, -0.25) is 4.90 Å². The molecule has 80 valence electrons. The lowest BCUT2D eigenvalue weighted by Crippen LogP contribution is -2.43. The highest BCUT2D eigenvalue weighted by Crippen LogP contribution is 2.24. The molecule has 0 amide bonds. The highest BCUT2D eigenvalue weighted by Gasteiger charge is 2.22. The van der Waals surface area contributed by atoms with Crippen LogP contribution in [0.25, 0.3) is 0 Å². The average Bonchev–Trinajstić information content (AvgIpc) is 2.51. The van der Waals surface area contributed by atoms with Gasteiger partial charge in [0.1, 0.15) is 0 Å². The van der Waals surface area contributed by atoms with Gasteiger partial charge in [-0.1, -0.05) is 0 Å². The molecular formula is C10H16BrNOS. The molecule has 0 bridgehead atoms. The fourth-order valence-electron chi connectivity index (χ4n) is 1.01. The number of hydrogen-bond donors (Lipinski definition) is 1. The Labute approximate surface area is 97.7 Å². The standard InChI is InChI=1S/C10H16BrNOS/c1-10(2,7-13)12(3)6-8-4-5-9(11)14-8/h4-5,13H,6-7H2,1-3H3. The molecule has 0 radical (unpaired) electrons. The van der Waals surface area contributed by atoms with Crippen molar-refractivity contribution in [3.63, 3.8) is 0 Å². The maximum atomic E-state index is 9.20. The number of likely N-dealkylation sites (N-methyl/N-ethyl adjacent to an activating group) is 1. The molecule has 1 aromatic rings. The Morgan fingerprint density at radius 1 is 1.50 bits per heavy atom. The van der Waals surface area contributed by atoms with Crippen LogP contribution in [0.3, 0.4) is 0 Å². The van der Waals surface area contributed by atoms with Crippen LogP contribution in [0, 0.1) is 0 Å². The van der Waals surface area contributed by atoms with E-state index in [4.69, 9.17) is 0 Å². The molecule has 0 aliphatic carbocycles. The molecule has 4 heteroatoms. The van der Waals surface area contributed by atoms with Gasteiger partial charge in [0.25, 0.3) is 0 Å². The predicted molar refractivity (Wildman–Crippen MR) is 64.7 cm³/mol. The second kappa shape index (κ2) is 4.75. The molecule has 1 rings (SSSR count). The van der Waals surface area contributed by atoms with Crippen molar-refractivity contribution in [3.8, 4) is 0 Å². The Hall–Kier alpha value is 0.1000. The largest absolute Gasteiger partial charge is 0.394 e. The number of aliphatic hydroxyl groups excluding tert-OH is 1. The molecular weight excluding hydrogens is 262 g/mol. The van der Waals surface area contributed by atoms with E-state index in [0.29, 0.717) is 0 Å². The molecule has 14 heavy (non-hydrogen) atoms. The van der Waals surface area contributed by atoms with E-state index in [1.807, 2.05) is 20.9 Å². The first-order valence-corrected chi connectivity index (χ1v) is 6.13. The fourth-order valence-corrected chi connectivity index (χ4v) is 2.54.